The van der Waals surface area contributed by atoms with Crippen molar-refractivity contribution in [3.63, 3.8) is 0 Å². The number of aromatic hydroxyl groups is 1. The Labute approximate surface area is 118 Å². The van der Waals surface area contributed by atoms with Gasteiger partial charge in [0.15, 0.2) is 0 Å². The summed E-state index contributed by atoms with van der Waals surface area (Å²) in [4.78, 5) is 12.9. The first kappa shape index (κ1) is 14.4. The van der Waals surface area contributed by atoms with E-state index in [0.717, 1.165) is 5.56 Å². The van der Waals surface area contributed by atoms with Crippen LogP contribution in [0.1, 0.15) is 30.0 Å². The van der Waals surface area contributed by atoms with Crippen molar-refractivity contribution in [1.82, 2.24) is 4.90 Å². The van der Waals surface area contributed by atoms with E-state index < -0.39 is 12.0 Å². The van der Waals surface area contributed by atoms with E-state index in [4.69, 9.17) is 5.11 Å². The molecule has 20 heavy (non-hydrogen) atoms. The summed E-state index contributed by atoms with van der Waals surface area (Å²) in [5, 5.41) is 28.3. The Bertz CT molecular complexity index is 543. The number of phenols is 1. The lowest BCUT2D eigenvalue weighted by molar-refractivity contribution is -0.143. The highest BCUT2D eigenvalue weighted by Crippen LogP contribution is 2.32. The van der Waals surface area contributed by atoms with Crippen molar-refractivity contribution in [1.29, 1.82) is 5.26 Å². The molecule has 1 fully saturated rings. The zero-order valence-electron chi connectivity index (χ0n) is 11.4. The van der Waals surface area contributed by atoms with Crippen molar-refractivity contribution in [2.45, 2.75) is 25.8 Å². The van der Waals surface area contributed by atoms with Gasteiger partial charge in [-0.2, -0.15) is 5.26 Å². The molecule has 1 aromatic rings. The summed E-state index contributed by atoms with van der Waals surface area (Å²) < 4.78 is 0. The fourth-order valence-electron chi connectivity index (χ4n) is 2.65. The Balaban J connectivity index is 2.16. The maximum atomic E-state index is 10.9. The molecule has 2 rings (SSSR count). The largest absolute Gasteiger partial charge is 0.508 e. The Kier molecular flexibility index (Phi) is 4.26. The van der Waals surface area contributed by atoms with Crippen molar-refractivity contribution in [3.8, 4) is 11.8 Å². The van der Waals surface area contributed by atoms with Crippen molar-refractivity contribution in [2.75, 3.05) is 13.1 Å². The average Bonchev–Trinajstić information content (AvgIpc) is 2.44. The van der Waals surface area contributed by atoms with Gasteiger partial charge in [0.1, 0.15) is 11.8 Å². The second-order valence-electron chi connectivity index (χ2n) is 5.24. The summed E-state index contributed by atoms with van der Waals surface area (Å²) in [5.74, 6) is -0.976. The monoisotopic (exact) mass is 274 g/mol. The number of hydrogen-bond acceptors (Lipinski definition) is 4. The van der Waals surface area contributed by atoms with Gasteiger partial charge in [0.25, 0.3) is 0 Å². The molecule has 0 amide bonds. The van der Waals surface area contributed by atoms with Crippen LogP contribution < -0.4 is 0 Å². The number of carboxylic acid groups (broad SMARTS) is 1. The van der Waals surface area contributed by atoms with Gasteiger partial charge >= 0.3 is 5.97 Å². The van der Waals surface area contributed by atoms with Crippen LogP contribution in [0.3, 0.4) is 0 Å². The third kappa shape index (κ3) is 2.91. The Morgan fingerprint density at radius 2 is 2.10 bits per heavy atom. The number of piperidine rings is 1. The van der Waals surface area contributed by atoms with Crippen LogP contribution >= 0.6 is 0 Å². The molecule has 0 aliphatic carbocycles. The topological polar surface area (TPSA) is 84.6 Å². The minimum Gasteiger partial charge on any atom is -0.508 e. The summed E-state index contributed by atoms with van der Waals surface area (Å²) in [6, 6.07) is 6.90. The number of hydrogen-bond donors (Lipinski definition) is 2. The third-order valence-electron chi connectivity index (χ3n) is 3.84. The third-order valence-corrected chi connectivity index (χ3v) is 3.84. The van der Waals surface area contributed by atoms with Gasteiger partial charge in [-0.25, -0.2) is 0 Å². The number of likely N-dealkylation sites (tertiary alicyclic amines) is 1. The normalized spacial score (nSPS) is 18.4. The standard InChI is InChI=1S/C15H18N2O3/c1-10-2-3-14(18)12(8-10)13(9-16)17-6-4-11(5-7-17)15(19)20/h2-3,8,11,13,18H,4-7H2,1H3,(H,19,20). The van der Waals surface area contributed by atoms with Gasteiger partial charge in [-0.3, -0.25) is 9.69 Å². The van der Waals surface area contributed by atoms with Gasteiger partial charge in [-0.15, -0.1) is 0 Å². The Morgan fingerprint density at radius 1 is 1.45 bits per heavy atom. The van der Waals surface area contributed by atoms with Crippen LogP contribution in [-0.2, 0) is 4.79 Å². The van der Waals surface area contributed by atoms with Gasteiger partial charge in [-0.1, -0.05) is 11.6 Å². The minimum absolute atomic E-state index is 0.113. The maximum absolute atomic E-state index is 10.9. The maximum Gasteiger partial charge on any atom is 0.306 e. The lowest BCUT2D eigenvalue weighted by Crippen LogP contribution is -2.38. The average molecular weight is 274 g/mol. The van der Waals surface area contributed by atoms with E-state index in [-0.39, 0.29) is 11.7 Å². The summed E-state index contributed by atoms with van der Waals surface area (Å²) >= 11 is 0. The molecular formula is C15H18N2O3. The highest BCUT2D eigenvalue weighted by atomic mass is 16.4. The fourth-order valence-corrected chi connectivity index (χ4v) is 2.65. The van der Waals surface area contributed by atoms with Crippen molar-refractivity contribution < 1.29 is 15.0 Å². The minimum atomic E-state index is -0.767. The van der Waals surface area contributed by atoms with Gasteiger partial charge in [0.2, 0.25) is 0 Å². The summed E-state index contributed by atoms with van der Waals surface area (Å²) in [5.41, 5.74) is 1.58. The first-order valence-corrected chi connectivity index (χ1v) is 6.69. The van der Waals surface area contributed by atoms with Crippen LogP contribution in [0.2, 0.25) is 0 Å². The second-order valence-corrected chi connectivity index (χ2v) is 5.24. The molecule has 0 spiro atoms. The first-order chi connectivity index (χ1) is 9.52. The smallest absolute Gasteiger partial charge is 0.306 e. The van der Waals surface area contributed by atoms with Crippen LogP contribution in [0.4, 0.5) is 0 Å². The van der Waals surface area contributed by atoms with Gasteiger partial charge < -0.3 is 10.2 Å². The molecule has 1 aliphatic heterocycles. The van der Waals surface area contributed by atoms with E-state index in [2.05, 4.69) is 6.07 Å². The van der Waals surface area contributed by atoms with Crippen LogP contribution in [0.5, 0.6) is 5.75 Å². The van der Waals surface area contributed by atoms with Gasteiger partial charge in [0.05, 0.1) is 12.0 Å². The molecule has 106 valence electrons. The van der Waals surface area contributed by atoms with E-state index in [1.807, 2.05) is 17.9 Å². The molecule has 0 bridgehead atoms. The Morgan fingerprint density at radius 3 is 2.65 bits per heavy atom. The SMILES string of the molecule is Cc1ccc(O)c(C(C#N)N2CCC(C(=O)O)CC2)c1. The van der Waals surface area contributed by atoms with Crippen LogP contribution in [0.25, 0.3) is 0 Å². The molecule has 1 saturated heterocycles. The van der Waals surface area contributed by atoms with E-state index in [1.165, 1.54) is 0 Å². The number of rotatable bonds is 3. The molecule has 0 saturated carbocycles. The van der Waals surface area contributed by atoms with Crippen molar-refractivity contribution in [3.05, 3.63) is 29.3 Å². The first-order valence-electron chi connectivity index (χ1n) is 6.69. The predicted molar refractivity (Wildman–Crippen MR) is 73.1 cm³/mol. The highest BCUT2D eigenvalue weighted by Gasteiger charge is 2.30. The van der Waals surface area contributed by atoms with E-state index in [0.29, 0.717) is 31.5 Å². The molecule has 1 unspecified atom stereocenters. The molecule has 1 atom stereocenters. The van der Waals surface area contributed by atoms with E-state index in [1.54, 1.807) is 12.1 Å². The predicted octanol–water partition coefficient (Wildman–Crippen LogP) is 2.06. The van der Waals surface area contributed by atoms with Crippen LogP contribution in [0.15, 0.2) is 18.2 Å². The number of benzene rings is 1. The fraction of sp³-hybridized carbons (Fsp3) is 0.467. The molecule has 5 nitrogen and oxygen atoms in total. The molecule has 1 aliphatic rings. The Hall–Kier alpha value is -2.06. The molecule has 2 N–H and O–H groups in total. The van der Waals surface area contributed by atoms with Crippen LogP contribution in [-0.4, -0.2) is 34.2 Å². The summed E-state index contributed by atoms with van der Waals surface area (Å²) in [6.45, 7) is 3.03. The molecule has 1 heterocycles. The zero-order valence-corrected chi connectivity index (χ0v) is 11.4. The van der Waals surface area contributed by atoms with Gasteiger partial charge in [0, 0.05) is 18.7 Å². The number of aliphatic carboxylic acids is 1. The molecule has 5 heteroatoms. The lowest BCUT2D eigenvalue weighted by atomic mass is 9.94. The summed E-state index contributed by atoms with van der Waals surface area (Å²) in [6.07, 6.45) is 1.08. The molecule has 0 aromatic heterocycles. The highest BCUT2D eigenvalue weighted by molar-refractivity contribution is 5.70. The molecule has 1 aromatic carbocycles. The van der Waals surface area contributed by atoms with E-state index in [9.17, 15) is 15.2 Å². The second kappa shape index (κ2) is 5.93. The van der Waals surface area contributed by atoms with Crippen molar-refractivity contribution >= 4 is 5.97 Å². The quantitative estimate of drug-likeness (QED) is 0.881. The van der Waals surface area contributed by atoms with Crippen molar-refractivity contribution in [2.24, 2.45) is 5.92 Å². The number of nitriles is 1. The lowest BCUT2D eigenvalue weighted by Gasteiger charge is -2.33. The van der Waals surface area contributed by atoms with Crippen LogP contribution in [0, 0.1) is 24.2 Å². The number of aryl methyl sites for hydroxylation is 1. The number of phenolic OH excluding ortho intramolecular Hbond substituents is 1. The summed E-state index contributed by atoms with van der Waals surface area (Å²) in [7, 11) is 0. The van der Waals surface area contributed by atoms with E-state index >= 15 is 0 Å². The number of nitrogens with zero attached hydrogens (tertiary/aromatic N) is 2. The van der Waals surface area contributed by atoms with Gasteiger partial charge in [-0.05, 0) is 31.9 Å². The number of carbonyl (C=O) groups is 1. The number of carboxylic acids is 1. The molecular weight excluding hydrogens is 256 g/mol. The molecule has 0 radical (unpaired) electrons. The zero-order chi connectivity index (χ0) is 14.7.